The first kappa shape index (κ1) is 14.8. The molecule has 0 amide bonds. The maximum Gasteiger partial charge on any atom is 0.217 e. The molecule has 0 bridgehead atoms. The highest BCUT2D eigenvalue weighted by atomic mass is 32.1. The Bertz CT molecular complexity index is 746. The van der Waals surface area contributed by atoms with Gasteiger partial charge in [-0.15, -0.1) is 12.6 Å². The third-order valence-corrected chi connectivity index (χ3v) is 4.28. The van der Waals surface area contributed by atoms with Gasteiger partial charge in [0, 0.05) is 36.0 Å². The fourth-order valence-electron chi connectivity index (χ4n) is 2.94. The average molecular weight is 315 g/mol. The summed E-state index contributed by atoms with van der Waals surface area (Å²) in [6, 6.07) is 5.72. The molecule has 1 aromatic carbocycles. The van der Waals surface area contributed by atoms with E-state index < -0.39 is 0 Å². The number of carbonyl (C=O) groups excluding carboxylic acids is 1. The normalized spacial score (nSPS) is 16.5. The highest BCUT2D eigenvalue weighted by molar-refractivity contribution is 7.98. The second-order valence-corrected chi connectivity index (χ2v) is 5.57. The predicted molar refractivity (Wildman–Crippen MR) is 90.1 cm³/mol. The van der Waals surface area contributed by atoms with Crippen LogP contribution in [0, 0.1) is 0 Å². The number of benzene rings is 1. The van der Waals surface area contributed by atoms with Crippen molar-refractivity contribution in [3.05, 3.63) is 52.9 Å². The summed E-state index contributed by atoms with van der Waals surface area (Å²) in [5, 5.41) is -0.249. The van der Waals surface area contributed by atoms with Crippen LogP contribution in [0.2, 0.25) is 0 Å². The number of hydrogen-bond acceptors (Lipinski definition) is 4. The van der Waals surface area contributed by atoms with E-state index in [4.69, 9.17) is 9.47 Å². The van der Waals surface area contributed by atoms with Crippen molar-refractivity contribution in [3.8, 4) is 5.75 Å². The van der Waals surface area contributed by atoms with E-state index in [-0.39, 0.29) is 5.12 Å². The molecule has 1 heterocycles. The first-order valence-corrected chi connectivity index (χ1v) is 7.35. The van der Waals surface area contributed by atoms with Gasteiger partial charge in [-0.25, -0.2) is 0 Å². The van der Waals surface area contributed by atoms with Crippen molar-refractivity contribution in [2.45, 2.75) is 6.42 Å². The largest absolute Gasteiger partial charge is 0.501 e. The predicted octanol–water partition coefficient (Wildman–Crippen LogP) is 3.17. The molecular weight excluding hydrogens is 298 g/mol. The smallest absolute Gasteiger partial charge is 0.217 e. The molecule has 2 aliphatic rings. The Morgan fingerprint density at radius 1 is 1.23 bits per heavy atom. The molecule has 0 fully saturated rings. The number of anilines is 1. The number of ether oxygens (including phenoxy) is 2. The van der Waals surface area contributed by atoms with Gasteiger partial charge in [-0.1, -0.05) is 0 Å². The molecule has 1 aliphatic carbocycles. The minimum atomic E-state index is -0.249. The molecule has 4 nitrogen and oxygen atoms in total. The van der Waals surface area contributed by atoms with Crippen molar-refractivity contribution in [2.24, 2.45) is 0 Å². The van der Waals surface area contributed by atoms with Gasteiger partial charge in [0.2, 0.25) is 5.12 Å². The van der Waals surface area contributed by atoms with Crippen LogP contribution in [0.1, 0.15) is 12.0 Å². The number of allylic oxidation sites excluding steroid dienone is 4. The summed E-state index contributed by atoms with van der Waals surface area (Å²) < 4.78 is 10.6. The number of hydrogen-bond donors (Lipinski definition) is 1. The highest BCUT2D eigenvalue weighted by Crippen LogP contribution is 2.45. The summed E-state index contributed by atoms with van der Waals surface area (Å²) in [6.45, 7) is 0. The first-order chi connectivity index (χ1) is 10.6. The number of thiol groups is 1. The molecule has 22 heavy (non-hydrogen) atoms. The number of methoxy groups -OCH3 is 2. The fraction of sp³-hybridized carbons (Fsp3) is 0.235. The summed E-state index contributed by atoms with van der Waals surface area (Å²) in [4.78, 5) is 14.3. The molecule has 1 aromatic rings. The van der Waals surface area contributed by atoms with Gasteiger partial charge >= 0.3 is 0 Å². The van der Waals surface area contributed by atoms with E-state index in [0.717, 1.165) is 28.3 Å². The zero-order chi connectivity index (χ0) is 15.9. The maximum absolute atomic E-state index is 12.2. The van der Waals surface area contributed by atoms with Crippen LogP contribution in [0.4, 0.5) is 5.69 Å². The second kappa shape index (κ2) is 5.57. The molecule has 114 valence electrons. The number of carbonyl (C=O) groups is 1. The monoisotopic (exact) mass is 315 g/mol. The lowest BCUT2D eigenvalue weighted by Crippen LogP contribution is -2.26. The SMILES string of the molecule is COC1=CC=C2C(=C(C(=O)S)c3cc(OC)ccc3N2C)C1. The molecule has 0 N–H and O–H groups in total. The minimum absolute atomic E-state index is 0.249. The van der Waals surface area contributed by atoms with Crippen LogP contribution < -0.4 is 9.64 Å². The van der Waals surface area contributed by atoms with Crippen LogP contribution in [0.5, 0.6) is 5.75 Å². The number of likely N-dealkylation sites (N-methyl/N-ethyl adjacent to an activating group) is 1. The Balaban J connectivity index is 2.27. The lowest BCUT2D eigenvalue weighted by molar-refractivity contribution is -0.106. The Morgan fingerprint density at radius 3 is 2.64 bits per heavy atom. The van der Waals surface area contributed by atoms with Crippen molar-refractivity contribution < 1.29 is 14.3 Å². The van der Waals surface area contributed by atoms with Crippen molar-refractivity contribution >= 4 is 29.0 Å². The van der Waals surface area contributed by atoms with Gasteiger partial charge in [0.15, 0.2) is 0 Å². The Hall–Kier alpha value is -2.14. The van der Waals surface area contributed by atoms with Crippen LogP contribution in [0.25, 0.3) is 5.57 Å². The van der Waals surface area contributed by atoms with Crippen molar-refractivity contribution in [1.82, 2.24) is 0 Å². The molecule has 0 saturated carbocycles. The van der Waals surface area contributed by atoms with Gasteiger partial charge in [-0.3, -0.25) is 4.79 Å². The lowest BCUT2D eigenvalue weighted by atomic mass is 9.87. The van der Waals surface area contributed by atoms with Gasteiger partial charge in [0.1, 0.15) is 11.5 Å². The molecule has 0 spiro atoms. The van der Waals surface area contributed by atoms with E-state index >= 15 is 0 Å². The van der Waals surface area contributed by atoms with E-state index in [9.17, 15) is 4.79 Å². The zero-order valence-electron chi connectivity index (χ0n) is 12.7. The van der Waals surface area contributed by atoms with Gasteiger partial charge < -0.3 is 14.4 Å². The summed E-state index contributed by atoms with van der Waals surface area (Å²) >= 11 is 4.09. The van der Waals surface area contributed by atoms with E-state index in [1.165, 1.54) is 0 Å². The van der Waals surface area contributed by atoms with Crippen LogP contribution in [0.3, 0.4) is 0 Å². The molecule has 0 aromatic heterocycles. The standard InChI is InChI=1S/C17H17NO3S/c1-18-14-6-4-10(20-2)8-12(14)16(17(19)22)13-9-11(21-3)5-7-15(13)18/h4-8H,9H2,1-3H3,(H,19,22). The number of nitrogens with zero attached hydrogens (tertiary/aromatic N) is 1. The van der Waals surface area contributed by atoms with Crippen LogP contribution in [-0.4, -0.2) is 26.4 Å². The summed E-state index contributed by atoms with van der Waals surface area (Å²) in [6.07, 6.45) is 4.48. The fourth-order valence-corrected chi connectivity index (χ4v) is 3.19. The molecule has 1 aliphatic heterocycles. The van der Waals surface area contributed by atoms with Crippen molar-refractivity contribution in [2.75, 3.05) is 26.2 Å². The molecule has 0 atom stereocenters. The molecule has 0 saturated heterocycles. The van der Waals surface area contributed by atoms with Gasteiger partial charge in [0.25, 0.3) is 0 Å². The molecular formula is C17H17NO3S. The first-order valence-electron chi connectivity index (χ1n) is 6.90. The van der Waals surface area contributed by atoms with Gasteiger partial charge in [-0.2, -0.15) is 0 Å². The highest BCUT2D eigenvalue weighted by Gasteiger charge is 2.31. The van der Waals surface area contributed by atoms with E-state index in [0.29, 0.717) is 17.7 Å². The Labute approximate surface area is 135 Å². The van der Waals surface area contributed by atoms with Crippen molar-refractivity contribution in [3.63, 3.8) is 0 Å². The van der Waals surface area contributed by atoms with Crippen LogP contribution >= 0.6 is 12.6 Å². The van der Waals surface area contributed by atoms with E-state index in [1.807, 2.05) is 37.4 Å². The van der Waals surface area contributed by atoms with Gasteiger partial charge in [-0.05, 0) is 35.9 Å². The number of fused-ring (bicyclic) bond motifs is 2. The maximum atomic E-state index is 12.2. The Morgan fingerprint density at radius 2 is 2.00 bits per heavy atom. The van der Waals surface area contributed by atoms with Crippen LogP contribution in [-0.2, 0) is 9.53 Å². The number of rotatable bonds is 3. The Kier molecular flexibility index (Phi) is 3.74. The summed E-state index contributed by atoms with van der Waals surface area (Å²) in [7, 11) is 5.24. The lowest BCUT2D eigenvalue weighted by Gasteiger charge is -2.35. The molecule has 3 rings (SSSR count). The van der Waals surface area contributed by atoms with Crippen molar-refractivity contribution in [1.29, 1.82) is 0 Å². The topological polar surface area (TPSA) is 38.8 Å². The quantitative estimate of drug-likeness (QED) is 0.870. The zero-order valence-corrected chi connectivity index (χ0v) is 13.6. The average Bonchev–Trinajstić information content (AvgIpc) is 2.53. The summed E-state index contributed by atoms with van der Waals surface area (Å²) in [5.74, 6) is 1.54. The molecule has 0 unspecified atom stereocenters. The van der Waals surface area contributed by atoms with E-state index in [1.54, 1.807) is 14.2 Å². The third-order valence-electron chi connectivity index (χ3n) is 4.06. The second-order valence-electron chi connectivity index (χ2n) is 5.17. The summed E-state index contributed by atoms with van der Waals surface area (Å²) in [5.41, 5.74) is 4.34. The molecule has 5 heteroatoms. The van der Waals surface area contributed by atoms with Crippen LogP contribution in [0.15, 0.2) is 47.4 Å². The van der Waals surface area contributed by atoms with Gasteiger partial charge in [0.05, 0.1) is 14.2 Å². The van der Waals surface area contributed by atoms with E-state index in [2.05, 4.69) is 17.5 Å². The third kappa shape index (κ3) is 2.22. The molecule has 0 radical (unpaired) electrons. The minimum Gasteiger partial charge on any atom is -0.501 e.